The molecule has 0 amide bonds. The molecule has 1 heterocycles. The van der Waals surface area contributed by atoms with E-state index in [2.05, 4.69) is 0 Å². The standard InChI is InChI=1S/C12H15ClO4S/c13-18(14,15)9-10-3-1-4-11(7-10)17-12-5-2-6-16-8-12/h1,3-4,7,12H,2,5-6,8-9H2. The van der Waals surface area contributed by atoms with Crippen molar-refractivity contribution in [3.05, 3.63) is 29.8 Å². The highest BCUT2D eigenvalue weighted by Gasteiger charge is 2.15. The van der Waals surface area contributed by atoms with Gasteiger partial charge in [0.2, 0.25) is 9.05 Å². The van der Waals surface area contributed by atoms with Crippen molar-refractivity contribution >= 4 is 19.7 Å². The van der Waals surface area contributed by atoms with Crippen LogP contribution in [0.15, 0.2) is 24.3 Å². The molecule has 1 aliphatic heterocycles. The summed E-state index contributed by atoms with van der Waals surface area (Å²) in [5.41, 5.74) is 0.624. The fraction of sp³-hybridized carbons (Fsp3) is 0.500. The molecule has 2 rings (SSSR count). The van der Waals surface area contributed by atoms with Crippen LogP contribution in [-0.2, 0) is 19.5 Å². The molecule has 0 bridgehead atoms. The third-order valence-corrected chi connectivity index (χ3v) is 3.66. The summed E-state index contributed by atoms with van der Waals surface area (Å²) in [6.07, 6.45) is 1.99. The van der Waals surface area contributed by atoms with Crippen LogP contribution in [-0.4, -0.2) is 27.7 Å². The molecule has 100 valence electrons. The van der Waals surface area contributed by atoms with E-state index in [0.717, 1.165) is 19.4 Å². The van der Waals surface area contributed by atoms with Crippen molar-refractivity contribution in [3.63, 3.8) is 0 Å². The maximum absolute atomic E-state index is 11.0. The molecule has 0 aliphatic carbocycles. The van der Waals surface area contributed by atoms with Crippen LogP contribution < -0.4 is 4.74 Å². The van der Waals surface area contributed by atoms with Gasteiger partial charge in [0.05, 0.1) is 12.4 Å². The molecule has 1 fully saturated rings. The van der Waals surface area contributed by atoms with Crippen LogP contribution in [0.4, 0.5) is 0 Å². The predicted molar refractivity (Wildman–Crippen MR) is 69.4 cm³/mol. The SMILES string of the molecule is O=S(=O)(Cl)Cc1cccc(OC2CCCOC2)c1. The van der Waals surface area contributed by atoms with Gasteiger partial charge in [-0.15, -0.1) is 0 Å². The Morgan fingerprint density at radius 3 is 2.94 bits per heavy atom. The van der Waals surface area contributed by atoms with Crippen LogP contribution in [0.5, 0.6) is 5.75 Å². The van der Waals surface area contributed by atoms with Crippen molar-refractivity contribution in [3.8, 4) is 5.75 Å². The van der Waals surface area contributed by atoms with Crippen molar-refractivity contribution in [1.29, 1.82) is 0 Å². The summed E-state index contributed by atoms with van der Waals surface area (Å²) < 4.78 is 33.1. The minimum atomic E-state index is -3.54. The van der Waals surface area contributed by atoms with Gasteiger partial charge in [-0.1, -0.05) is 12.1 Å². The fourth-order valence-electron chi connectivity index (χ4n) is 1.90. The molecule has 1 aromatic rings. The molecule has 0 spiro atoms. The molecule has 1 atom stereocenters. The normalized spacial score (nSPS) is 20.6. The quantitative estimate of drug-likeness (QED) is 0.799. The summed E-state index contributed by atoms with van der Waals surface area (Å²) in [6, 6.07) is 6.98. The first kappa shape index (κ1) is 13.6. The Hall–Kier alpha value is -0.780. The molecule has 1 saturated heterocycles. The lowest BCUT2D eigenvalue weighted by atomic mass is 10.1. The summed E-state index contributed by atoms with van der Waals surface area (Å²) >= 11 is 0. The van der Waals surface area contributed by atoms with Crippen molar-refractivity contribution in [1.82, 2.24) is 0 Å². The van der Waals surface area contributed by atoms with Gasteiger partial charge in [0.1, 0.15) is 11.9 Å². The van der Waals surface area contributed by atoms with E-state index in [1.807, 2.05) is 0 Å². The van der Waals surface area contributed by atoms with E-state index in [0.29, 0.717) is 17.9 Å². The number of hydrogen-bond acceptors (Lipinski definition) is 4. The van der Waals surface area contributed by atoms with Crippen molar-refractivity contribution < 1.29 is 17.9 Å². The molecule has 6 heteroatoms. The summed E-state index contributed by atoms with van der Waals surface area (Å²) in [4.78, 5) is 0. The highest BCUT2D eigenvalue weighted by atomic mass is 35.7. The van der Waals surface area contributed by atoms with E-state index in [1.165, 1.54) is 0 Å². The Kier molecular flexibility index (Phi) is 4.48. The predicted octanol–water partition coefficient (Wildman–Crippen LogP) is 2.31. The number of halogens is 1. The molecule has 1 aromatic carbocycles. The van der Waals surface area contributed by atoms with Crippen molar-refractivity contribution in [2.45, 2.75) is 24.7 Å². The van der Waals surface area contributed by atoms with Crippen LogP contribution in [0.2, 0.25) is 0 Å². The third-order valence-electron chi connectivity index (χ3n) is 2.66. The van der Waals surface area contributed by atoms with Gasteiger partial charge in [-0.25, -0.2) is 8.42 Å². The minimum Gasteiger partial charge on any atom is -0.488 e. The van der Waals surface area contributed by atoms with Gasteiger partial charge < -0.3 is 9.47 Å². The van der Waals surface area contributed by atoms with E-state index >= 15 is 0 Å². The minimum absolute atomic E-state index is 0.0432. The lowest BCUT2D eigenvalue weighted by Gasteiger charge is -2.23. The third kappa shape index (κ3) is 4.48. The van der Waals surface area contributed by atoms with E-state index in [9.17, 15) is 8.42 Å². The van der Waals surface area contributed by atoms with Crippen LogP contribution in [0.25, 0.3) is 0 Å². The van der Waals surface area contributed by atoms with Crippen LogP contribution in [0, 0.1) is 0 Å². The van der Waals surface area contributed by atoms with Gasteiger partial charge in [-0.05, 0) is 30.5 Å². The second-order valence-corrected chi connectivity index (χ2v) is 7.06. The highest BCUT2D eigenvalue weighted by molar-refractivity contribution is 8.13. The number of rotatable bonds is 4. The van der Waals surface area contributed by atoms with Crippen molar-refractivity contribution in [2.24, 2.45) is 0 Å². The zero-order valence-electron chi connectivity index (χ0n) is 9.84. The zero-order valence-corrected chi connectivity index (χ0v) is 11.4. The molecular weight excluding hydrogens is 276 g/mol. The maximum atomic E-state index is 11.0. The molecule has 18 heavy (non-hydrogen) atoms. The molecule has 1 unspecified atom stereocenters. The number of hydrogen-bond donors (Lipinski definition) is 0. The Labute approximate surface area is 111 Å². The zero-order chi connectivity index (χ0) is 13.0. The Morgan fingerprint density at radius 2 is 2.28 bits per heavy atom. The molecule has 0 radical (unpaired) electrons. The van der Waals surface area contributed by atoms with Crippen LogP contribution in [0.3, 0.4) is 0 Å². The Bertz CT molecular complexity index is 495. The lowest BCUT2D eigenvalue weighted by Crippen LogP contribution is -2.28. The Balaban J connectivity index is 2.02. The number of ether oxygens (including phenoxy) is 2. The fourth-order valence-corrected chi connectivity index (χ4v) is 2.86. The first-order valence-corrected chi connectivity index (χ1v) is 8.26. The average Bonchev–Trinajstić information content (AvgIpc) is 2.28. The lowest BCUT2D eigenvalue weighted by molar-refractivity contribution is 0.00741. The van der Waals surface area contributed by atoms with E-state index < -0.39 is 9.05 Å². The molecular formula is C12H15ClO4S. The van der Waals surface area contributed by atoms with E-state index in [1.54, 1.807) is 24.3 Å². The van der Waals surface area contributed by atoms with Gasteiger partial charge in [-0.3, -0.25) is 0 Å². The van der Waals surface area contributed by atoms with Crippen molar-refractivity contribution in [2.75, 3.05) is 13.2 Å². The van der Waals surface area contributed by atoms with E-state index in [-0.39, 0.29) is 11.9 Å². The summed E-state index contributed by atoms with van der Waals surface area (Å²) in [5.74, 6) is 0.468. The first-order valence-electron chi connectivity index (χ1n) is 5.78. The van der Waals surface area contributed by atoms with Crippen LogP contribution in [0.1, 0.15) is 18.4 Å². The van der Waals surface area contributed by atoms with Gasteiger partial charge in [-0.2, -0.15) is 0 Å². The maximum Gasteiger partial charge on any atom is 0.236 e. The highest BCUT2D eigenvalue weighted by Crippen LogP contribution is 2.20. The Morgan fingerprint density at radius 1 is 1.44 bits per heavy atom. The van der Waals surface area contributed by atoms with Gasteiger partial charge in [0.15, 0.2) is 0 Å². The molecule has 0 aromatic heterocycles. The van der Waals surface area contributed by atoms with Crippen LogP contribution >= 0.6 is 10.7 Å². The smallest absolute Gasteiger partial charge is 0.236 e. The second-order valence-electron chi connectivity index (χ2n) is 4.29. The largest absolute Gasteiger partial charge is 0.488 e. The number of benzene rings is 1. The molecule has 1 aliphatic rings. The molecule has 0 N–H and O–H groups in total. The van der Waals surface area contributed by atoms with Gasteiger partial charge >= 0.3 is 0 Å². The molecule has 0 saturated carbocycles. The second kappa shape index (κ2) is 5.91. The summed E-state index contributed by atoms with van der Waals surface area (Å²) in [7, 11) is 1.69. The summed E-state index contributed by atoms with van der Waals surface area (Å²) in [5, 5.41) is 0. The molecule has 4 nitrogen and oxygen atoms in total. The van der Waals surface area contributed by atoms with Gasteiger partial charge in [0, 0.05) is 17.3 Å². The van der Waals surface area contributed by atoms with Gasteiger partial charge in [0.25, 0.3) is 0 Å². The topological polar surface area (TPSA) is 52.6 Å². The monoisotopic (exact) mass is 290 g/mol. The summed E-state index contributed by atoms with van der Waals surface area (Å²) in [6.45, 7) is 1.36. The first-order chi connectivity index (χ1) is 8.53. The average molecular weight is 291 g/mol. The van der Waals surface area contributed by atoms with E-state index in [4.69, 9.17) is 20.2 Å².